The normalized spacial score (nSPS) is 28.8. The minimum atomic E-state index is -3.95. The van der Waals surface area contributed by atoms with E-state index in [4.69, 9.17) is 16.3 Å². The quantitative estimate of drug-likeness (QED) is 0.345. The molecular formula is C35H45ClN4O5S. The van der Waals surface area contributed by atoms with E-state index in [0.717, 1.165) is 49.9 Å². The number of nitrogens with one attached hydrogen (secondary N) is 1. The van der Waals surface area contributed by atoms with Crippen molar-refractivity contribution in [1.29, 1.82) is 0 Å². The van der Waals surface area contributed by atoms with E-state index < -0.39 is 26.8 Å². The molecule has 0 radical (unpaired) electrons. The fraction of sp³-hybridized carbons (Fsp3) is 0.543. The number of aryl methyl sites for hydroxylation is 1. The van der Waals surface area contributed by atoms with Crippen LogP contribution < -0.4 is 14.4 Å². The van der Waals surface area contributed by atoms with Gasteiger partial charge in [0.1, 0.15) is 12.4 Å². The van der Waals surface area contributed by atoms with Crippen molar-refractivity contribution < 1.29 is 23.1 Å². The van der Waals surface area contributed by atoms with Crippen molar-refractivity contribution in [3.8, 4) is 5.75 Å². The zero-order chi connectivity index (χ0) is 32.5. The Labute approximate surface area is 277 Å². The number of aliphatic hydroxyl groups is 1. The molecule has 5 atom stereocenters. The second-order valence-corrected chi connectivity index (χ2v) is 16.1. The van der Waals surface area contributed by atoms with Gasteiger partial charge in [-0.3, -0.25) is 9.48 Å². The van der Waals surface area contributed by atoms with E-state index in [1.165, 1.54) is 5.56 Å². The molecule has 0 saturated heterocycles. The van der Waals surface area contributed by atoms with E-state index in [0.29, 0.717) is 49.7 Å². The predicted molar refractivity (Wildman–Crippen MR) is 180 cm³/mol. The molecule has 11 heteroatoms. The van der Waals surface area contributed by atoms with Gasteiger partial charge in [0.25, 0.3) is 5.91 Å². The summed E-state index contributed by atoms with van der Waals surface area (Å²) < 4.78 is 37.4. The molecule has 46 heavy (non-hydrogen) atoms. The van der Waals surface area contributed by atoms with Crippen molar-refractivity contribution in [2.45, 2.75) is 89.2 Å². The molecule has 3 heterocycles. The van der Waals surface area contributed by atoms with Gasteiger partial charge in [0.2, 0.25) is 10.0 Å². The largest absolute Gasteiger partial charge is 0.487 e. The van der Waals surface area contributed by atoms with Crippen LogP contribution in [0.15, 0.2) is 54.9 Å². The van der Waals surface area contributed by atoms with Crippen molar-refractivity contribution in [3.63, 3.8) is 0 Å². The van der Waals surface area contributed by atoms with Gasteiger partial charge in [-0.05, 0) is 117 Å². The minimum Gasteiger partial charge on any atom is -0.487 e. The molecule has 3 aliphatic rings. The third kappa shape index (κ3) is 7.09. The summed E-state index contributed by atoms with van der Waals surface area (Å²) in [7, 11) is -3.95. The third-order valence-corrected chi connectivity index (χ3v) is 12.7. The smallest absolute Gasteiger partial charge is 0.264 e. The van der Waals surface area contributed by atoms with E-state index in [1.807, 2.05) is 42.1 Å². The highest BCUT2D eigenvalue weighted by atomic mass is 35.5. The Bertz CT molecular complexity index is 1650. The molecule has 1 saturated carbocycles. The summed E-state index contributed by atoms with van der Waals surface area (Å²) in [4.78, 5) is 15.7. The lowest BCUT2D eigenvalue weighted by Crippen LogP contribution is -2.53. The number of carbonyl (C=O) groups excluding carboxylic acids is 1. The number of fused-ring (bicyclic) bond motifs is 3. The highest BCUT2D eigenvalue weighted by molar-refractivity contribution is 7.90. The summed E-state index contributed by atoms with van der Waals surface area (Å²) in [5.74, 6) is 0.0721. The molecule has 1 aromatic heterocycles. The maximum Gasteiger partial charge on any atom is 0.264 e. The van der Waals surface area contributed by atoms with Gasteiger partial charge in [-0.15, -0.1) is 0 Å². The van der Waals surface area contributed by atoms with Crippen molar-refractivity contribution in [2.75, 3.05) is 18.0 Å². The fourth-order valence-corrected chi connectivity index (χ4v) is 8.97. The number of carbonyl (C=O) groups is 1. The predicted octanol–water partition coefficient (Wildman–Crippen LogP) is 5.98. The average molecular weight is 669 g/mol. The zero-order valence-corrected chi connectivity index (χ0v) is 28.3. The van der Waals surface area contributed by atoms with Gasteiger partial charge in [-0.25, -0.2) is 13.1 Å². The monoisotopic (exact) mass is 668 g/mol. The van der Waals surface area contributed by atoms with Crippen LogP contribution in [-0.2, 0) is 29.6 Å². The number of halogens is 1. The van der Waals surface area contributed by atoms with E-state index >= 15 is 0 Å². The number of sulfonamides is 1. The number of aromatic nitrogens is 2. The van der Waals surface area contributed by atoms with Gasteiger partial charge in [0.05, 0.1) is 23.1 Å². The van der Waals surface area contributed by atoms with Gasteiger partial charge in [0.15, 0.2) is 0 Å². The molecule has 3 aromatic rings. The lowest BCUT2D eigenvalue weighted by Gasteiger charge is -2.49. The summed E-state index contributed by atoms with van der Waals surface area (Å²) in [5, 5.41) is 16.7. The Kier molecular flexibility index (Phi) is 9.69. The molecule has 1 fully saturated rings. The first-order chi connectivity index (χ1) is 22.0. The average Bonchev–Trinajstić information content (AvgIpc) is 3.50. The maximum absolute atomic E-state index is 13.5. The molecular weight excluding hydrogens is 624 g/mol. The van der Waals surface area contributed by atoms with Crippen LogP contribution in [-0.4, -0.2) is 53.2 Å². The number of benzene rings is 2. The van der Waals surface area contributed by atoms with Crippen molar-refractivity contribution in [1.82, 2.24) is 14.5 Å². The Morgan fingerprint density at radius 2 is 1.93 bits per heavy atom. The van der Waals surface area contributed by atoms with Crippen LogP contribution in [0.5, 0.6) is 5.75 Å². The van der Waals surface area contributed by atoms with E-state index in [1.54, 1.807) is 31.3 Å². The molecule has 9 nitrogen and oxygen atoms in total. The van der Waals surface area contributed by atoms with Gasteiger partial charge in [-0.1, -0.05) is 31.0 Å². The summed E-state index contributed by atoms with van der Waals surface area (Å²) >= 11 is 6.35. The summed E-state index contributed by atoms with van der Waals surface area (Å²) in [6, 6.07) is 12.9. The van der Waals surface area contributed by atoms with Crippen LogP contribution in [0.2, 0.25) is 5.02 Å². The lowest BCUT2D eigenvalue weighted by molar-refractivity contribution is -0.101. The van der Waals surface area contributed by atoms with Crippen molar-refractivity contribution in [2.24, 2.45) is 17.8 Å². The molecule has 2 bridgehead atoms. The van der Waals surface area contributed by atoms with E-state index in [9.17, 15) is 18.3 Å². The third-order valence-electron chi connectivity index (χ3n) is 10.6. The first-order valence-electron chi connectivity index (χ1n) is 16.6. The van der Waals surface area contributed by atoms with E-state index in [-0.39, 0.29) is 23.3 Å². The van der Waals surface area contributed by atoms with Crippen molar-refractivity contribution in [3.05, 3.63) is 76.6 Å². The number of rotatable bonds is 2. The van der Waals surface area contributed by atoms with Crippen LogP contribution in [0.25, 0.3) is 0 Å². The molecule has 248 valence electrons. The highest BCUT2D eigenvalue weighted by Gasteiger charge is 2.47. The molecule has 2 N–H and O–H groups in total. The Hall–Kier alpha value is -3.08. The molecule has 6 rings (SSSR count). The molecule has 0 spiro atoms. The second-order valence-electron chi connectivity index (χ2n) is 13.6. The van der Waals surface area contributed by atoms with Crippen LogP contribution in [0, 0.1) is 17.8 Å². The first kappa shape index (κ1) is 32.8. The highest BCUT2D eigenvalue weighted by Crippen LogP contribution is 2.46. The topological polar surface area (TPSA) is 114 Å². The SMILES string of the molecule is C[C@@H]1[C@@H](C)CCC[C@@](O)(Cn2cccn2)[C@@H]2CC[C@H]2CN2CCCCc3cc(Cl)ccc3COc3ccc(cc32)C(=O)NS1(=O)=O. The van der Waals surface area contributed by atoms with Crippen molar-refractivity contribution >= 4 is 33.2 Å². The van der Waals surface area contributed by atoms with E-state index in [2.05, 4.69) is 14.7 Å². The summed E-state index contributed by atoms with van der Waals surface area (Å²) in [6.07, 6.45) is 10.1. The number of anilines is 1. The van der Waals surface area contributed by atoms with Crippen LogP contribution in [0.4, 0.5) is 5.69 Å². The number of nitrogens with zero attached hydrogens (tertiary/aromatic N) is 3. The Morgan fingerprint density at radius 1 is 1.09 bits per heavy atom. The van der Waals surface area contributed by atoms with Crippen LogP contribution in [0.1, 0.15) is 80.3 Å². The molecule has 0 unspecified atom stereocenters. The lowest BCUT2D eigenvalue weighted by atomic mass is 9.63. The summed E-state index contributed by atoms with van der Waals surface area (Å²) in [5.41, 5.74) is 2.28. The van der Waals surface area contributed by atoms with Gasteiger partial charge >= 0.3 is 0 Å². The number of hydrogen-bond donors (Lipinski definition) is 2. The summed E-state index contributed by atoms with van der Waals surface area (Å²) in [6.45, 7) is 5.71. The molecule has 2 aromatic carbocycles. The van der Waals surface area contributed by atoms with Crippen LogP contribution in [0.3, 0.4) is 0 Å². The standard InChI is InChI=1S/C35H45ClN4O5S/c1-24-7-5-15-35(42,23-40-18-6-16-37-40)31-13-10-28(31)21-39-17-4-3-8-26-19-30(36)12-9-29(26)22-45-33-14-11-27(20-32(33)39)34(41)38-46(43,44)25(24)2/h6,9,11-12,14,16,18-20,24-25,28,31,42H,3-5,7-8,10,13,15,17,21-23H2,1-2H3,(H,38,41)/t24-,25+,28-,31+,35+/m0/s1. The number of ether oxygens (including phenoxy) is 1. The molecule has 1 amide bonds. The van der Waals surface area contributed by atoms with Crippen LogP contribution >= 0.6 is 11.6 Å². The fourth-order valence-electron chi connectivity index (χ4n) is 7.47. The zero-order valence-electron chi connectivity index (χ0n) is 26.7. The Balaban J connectivity index is 1.39. The molecule has 1 aliphatic carbocycles. The maximum atomic E-state index is 13.5. The molecule has 2 aliphatic heterocycles. The Morgan fingerprint density at radius 3 is 2.70 bits per heavy atom. The van der Waals surface area contributed by atoms with Gasteiger partial charge in [-0.2, -0.15) is 5.10 Å². The second kappa shape index (κ2) is 13.6. The van der Waals surface area contributed by atoms with Gasteiger partial charge < -0.3 is 14.7 Å². The number of amides is 1. The number of hydrogen-bond acceptors (Lipinski definition) is 7. The van der Waals surface area contributed by atoms with Gasteiger partial charge in [0, 0.05) is 36.1 Å². The minimum absolute atomic E-state index is 0.0569. The first-order valence-corrected chi connectivity index (χ1v) is 18.5.